The average Bonchev–Trinajstić information content (AvgIpc) is 2.46. The minimum absolute atomic E-state index is 0.302. The van der Waals surface area contributed by atoms with E-state index >= 15 is 0 Å². The first kappa shape index (κ1) is 14.6. The molecule has 0 spiro atoms. The number of nitrogens with one attached hydrogen (secondary N) is 1. The highest BCUT2D eigenvalue weighted by atomic mass is 32.2. The molecule has 0 saturated heterocycles. The Labute approximate surface area is 122 Å². The SMILES string of the molecule is CNCc1cccc(SCc2cc(F)ccc2C#N)c1. The van der Waals surface area contributed by atoms with Crippen LogP contribution in [0.15, 0.2) is 47.4 Å². The van der Waals surface area contributed by atoms with Gasteiger partial charge in [0.25, 0.3) is 0 Å². The van der Waals surface area contributed by atoms with E-state index in [0.29, 0.717) is 11.3 Å². The van der Waals surface area contributed by atoms with Gasteiger partial charge in [0, 0.05) is 17.2 Å². The van der Waals surface area contributed by atoms with Crippen molar-refractivity contribution in [3.05, 3.63) is 65.0 Å². The lowest BCUT2D eigenvalue weighted by molar-refractivity contribution is 0.626. The lowest BCUT2D eigenvalue weighted by Gasteiger charge is -2.06. The summed E-state index contributed by atoms with van der Waals surface area (Å²) in [6.07, 6.45) is 0. The van der Waals surface area contributed by atoms with Crippen molar-refractivity contribution < 1.29 is 4.39 Å². The predicted molar refractivity (Wildman–Crippen MR) is 79.9 cm³/mol. The van der Waals surface area contributed by atoms with Gasteiger partial charge in [-0.25, -0.2) is 4.39 Å². The Hall–Kier alpha value is -1.83. The van der Waals surface area contributed by atoms with Crippen molar-refractivity contribution in [2.75, 3.05) is 7.05 Å². The van der Waals surface area contributed by atoms with Crippen LogP contribution in [0.1, 0.15) is 16.7 Å². The molecule has 0 saturated carbocycles. The fraction of sp³-hybridized carbons (Fsp3) is 0.188. The zero-order valence-electron chi connectivity index (χ0n) is 11.2. The molecule has 0 fully saturated rings. The number of nitriles is 1. The number of thioether (sulfide) groups is 1. The number of halogens is 1. The second-order valence-electron chi connectivity index (χ2n) is 4.38. The van der Waals surface area contributed by atoms with Crippen LogP contribution in [-0.2, 0) is 12.3 Å². The van der Waals surface area contributed by atoms with E-state index in [1.54, 1.807) is 11.8 Å². The molecule has 0 bridgehead atoms. The van der Waals surface area contributed by atoms with Gasteiger partial charge in [0.15, 0.2) is 0 Å². The molecule has 0 aliphatic rings. The quantitative estimate of drug-likeness (QED) is 0.851. The van der Waals surface area contributed by atoms with E-state index < -0.39 is 0 Å². The minimum atomic E-state index is -0.302. The fourth-order valence-electron chi connectivity index (χ4n) is 1.90. The van der Waals surface area contributed by atoms with Crippen molar-refractivity contribution in [3.63, 3.8) is 0 Å². The molecule has 102 valence electrons. The standard InChI is InChI=1S/C16H15FN2S/c1-19-10-12-3-2-4-16(7-12)20-11-14-8-15(17)6-5-13(14)9-18/h2-8,19H,10-11H2,1H3. The summed E-state index contributed by atoms with van der Waals surface area (Å²) in [5.41, 5.74) is 2.47. The Kier molecular flexibility index (Phi) is 5.16. The van der Waals surface area contributed by atoms with E-state index in [-0.39, 0.29) is 5.82 Å². The second-order valence-corrected chi connectivity index (χ2v) is 5.43. The topological polar surface area (TPSA) is 35.8 Å². The molecule has 2 nitrogen and oxygen atoms in total. The van der Waals surface area contributed by atoms with Gasteiger partial charge in [-0.2, -0.15) is 5.26 Å². The molecule has 0 aromatic heterocycles. The highest BCUT2D eigenvalue weighted by molar-refractivity contribution is 7.98. The highest BCUT2D eigenvalue weighted by Gasteiger charge is 2.05. The molecule has 0 heterocycles. The molecule has 20 heavy (non-hydrogen) atoms. The molecule has 4 heteroatoms. The molecular weight excluding hydrogens is 271 g/mol. The van der Waals surface area contributed by atoms with Crippen LogP contribution >= 0.6 is 11.8 Å². The van der Waals surface area contributed by atoms with Gasteiger partial charge in [0.05, 0.1) is 11.6 Å². The molecule has 0 atom stereocenters. The zero-order valence-corrected chi connectivity index (χ0v) is 12.0. The van der Waals surface area contributed by atoms with Crippen LogP contribution < -0.4 is 5.32 Å². The lowest BCUT2D eigenvalue weighted by Crippen LogP contribution is -2.04. The molecule has 0 aliphatic heterocycles. The summed E-state index contributed by atoms with van der Waals surface area (Å²) in [4.78, 5) is 1.12. The van der Waals surface area contributed by atoms with Crippen LogP contribution in [0.4, 0.5) is 4.39 Å². The average molecular weight is 286 g/mol. The van der Waals surface area contributed by atoms with Gasteiger partial charge in [-0.05, 0) is 48.5 Å². The molecule has 2 aromatic rings. The summed E-state index contributed by atoms with van der Waals surface area (Å²) in [5.74, 6) is 0.285. The van der Waals surface area contributed by atoms with Crippen LogP contribution in [0.25, 0.3) is 0 Å². The number of benzene rings is 2. The Morgan fingerprint density at radius 3 is 2.85 bits per heavy atom. The first-order valence-corrected chi connectivity index (χ1v) is 7.26. The van der Waals surface area contributed by atoms with Crippen LogP contribution in [0.5, 0.6) is 0 Å². The maximum Gasteiger partial charge on any atom is 0.123 e. The Morgan fingerprint density at radius 1 is 1.25 bits per heavy atom. The van der Waals surface area contributed by atoms with Crippen LogP contribution in [0.3, 0.4) is 0 Å². The van der Waals surface area contributed by atoms with Crippen molar-refractivity contribution in [3.8, 4) is 6.07 Å². The van der Waals surface area contributed by atoms with Crippen molar-refractivity contribution in [1.29, 1.82) is 5.26 Å². The van der Waals surface area contributed by atoms with Gasteiger partial charge < -0.3 is 5.32 Å². The molecule has 1 N–H and O–H groups in total. The summed E-state index contributed by atoms with van der Waals surface area (Å²) in [5, 5.41) is 12.1. The van der Waals surface area contributed by atoms with Gasteiger partial charge in [-0.1, -0.05) is 12.1 Å². The summed E-state index contributed by atoms with van der Waals surface area (Å²) in [6, 6.07) is 14.6. The van der Waals surface area contributed by atoms with Gasteiger partial charge in [-0.15, -0.1) is 11.8 Å². The van der Waals surface area contributed by atoms with Crippen molar-refractivity contribution in [1.82, 2.24) is 5.32 Å². The largest absolute Gasteiger partial charge is 0.316 e. The smallest absolute Gasteiger partial charge is 0.123 e. The van der Waals surface area contributed by atoms with E-state index in [2.05, 4.69) is 23.5 Å². The van der Waals surface area contributed by atoms with Gasteiger partial charge >= 0.3 is 0 Å². The summed E-state index contributed by atoms with van der Waals surface area (Å²) in [7, 11) is 1.91. The first-order valence-electron chi connectivity index (χ1n) is 6.28. The molecular formula is C16H15FN2S. The summed E-state index contributed by atoms with van der Waals surface area (Å²) >= 11 is 1.61. The Balaban J connectivity index is 2.11. The lowest BCUT2D eigenvalue weighted by atomic mass is 10.1. The van der Waals surface area contributed by atoms with Gasteiger partial charge in [0.1, 0.15) is 5.82 Å². The van der Waals surface area contributed by atoms with Crippen molar-refractivity contribution in [2.45, 2.75) is 17.2 Å². The molecule has 0 amide bonds. The normalized spacial score (nSPS) is 10.2. The van der Waals surface area contributed by atoms with E-state index in [4.69, 9.17) is 5.26 Å². The maximum absolute atomic E-state index is 13.2. The van der Waals surface area contributed by atoms with Crippen LogP contribution in [0, 0.1) is 17.1 Å². The number of hydrogen-bond acceptors (Lipinski definition) is 3. The number of rotatable bonds is 5. The Morgan fingerprint density at radius 2 is 2.10 bits per heavy atom. The third-order valence-electron chi connectivity index (χ3n) is 2.86. The molecule has 0 aliphatic carbocycles. The van der Waals surface area contributed by atoms with Crippen molar-refractivity contribution >= 4 is 11.8 Å². The van der Waals surface area contributed by atoms with E-state index in [0.717, 1.165) is 17.0 Å². The van der Waals surface area contributed by atoms with E-state index in [1.165, 1.54) is 23.8 Å². The second kappa shape index (κ2) is 7.09. The van der Waals surface area contributed by atoms with Gasteiger partial charge in [0.2, 0.25) is 0 Å². The first-order chi connectivity index (χ1) is 9.72. The van der Waals surface area contributed by atoms with E-state index in [1.807, 2.05) is 19.2 Å². The fourth-order valence-corrected chi connectivity index (χ4v) is 2.87. The number of nitrogens with zero attached hydrogens (tertiary/aromatic N) is 1. The maximum atomic E-state index is 13.2. The highest BCUT2D eigenvalue weighted by Crippen LogP contribution is 2.25. The van der Waals surface area contributed by atoms with E-state index in [9.17, 15) is 4.39 Å². The summed E-state index contributed by atoms with van der Waals surface area (Å²) < 4.78 is 13.2. The van der Waals surface area contributed by atoms with Crippen molar-refractivity contribution in [2.24, 2.45) is 0 Å². The molecule has 0 radical (unpaired) electrons. The molecule has 2 rings (SSSR count). The van der Waals surface area contributed by atoms with Crippen LogP contribution in [0.2, 0.25) is 0 Å². The third-order valence-corrected chi connectivity index (χ3v) is 3.90. The van der Waals surface area contributed by atoms with Gasteiger partial charge in [-0.3, -0.25) is 0 Å². The third kappa shape index (κ3) is 3.83. The zero-order chi connectivity index (χ0) is 14.4. The predicted octanol–water partition coefficient (Wildman–Crippen LogP) is 3.71. The summed E-state index contributed by atoms with van der Waals surface area (Å²) in [6.45, 7) is 0.817. The minimum Gasteiger partial charge on any atom is -0.316 e. The van der Waals surface area contributed by atoms with Crippen LogP contribution in [-0.4, -0.2) is 7.05 Å². The molecule has 0 unspecified atom stereocenters. The molecule has 2 aromatic carbocycles. The monoisotopic (exact) mass is 286 g/mol. The number of hydrogen-bond donors (Lipinski definition) is 1. The Bertz CT molecular complexity index is 635.